The zero-order valence-corrected chi connectivity index (χ0v) is 18.2. The molecule has 2 atom stereocenters. The van der Waals surface area contributed by atoms with Gasteiger partial charge in [-0.2, -0.15) is 0 Å². The molecule has 164 valence electrons. The molecule has 0 radical (unpaired) electrons. The molecule has 4 heterocycles. The minimum atomic E-state index is 0.285. The molecule has 2 aromatic heterocycles. The van der Waals surface area contributed by atoms with Crippen molar-refractivity contribution < 1.29 is 13.9 Å². The Morgan fingerprint density at radius 3 is 2.83 bits per heavy atom. The van der Waals surface area contributed by atoms with Crippen LogP contribution in [0.1, 0.15) is 23.1 Å². The number of aliphatic imine (C=N–C) groups is 1. The van der Waals surface area contributed by atoms with Gasteiger partial charge in [-0.3, -0.25) is 9.89 Å². The summed E-state index contributed by atoms with van der Waals surface area (Å²) in [5, 5.41) is 9.16. The lowest BCUT2D eigenvalue weighted by molar-refractivity contribution is 0.0186. The number of hydrogen-bond acceptors (Lipinski definition) is 6. The van der Waals surface area contributed by atoms with E-state index in [0.29, 0.717) is 5.92 Å². The molecule has 0 aliphatic carbocycles. The average Bonchev–Trinajstić information content (AvgIpc) is 3.56. The topological polar surface area (TPSA) is 71.3 Å². The number of furan rings is 1. The number of guanidine groups is 1. The van der Waals surface area contributed by atoms with Gasteiger partial charge in [0, 0.05) is 50.0 Å². The molecule has 7 nitrogen and oxygen atoms in total. The van der Waals surface area contributed by atoms with Gasteiger partial charge in [0.1, 0.15) is 5.76 Å². The van der Waals surface area contributed by atoms with Gasteiger partial charge in [-0.1, -0.05) is 6.07 Å². The maximum absolute atomic E-state index is 5.56. The summed E-state index contributed by atoms with van der Waals surface area (Å²) in [6, 6.07) is 8.56. The molecule has 0 spiro atoms. The Bertz CT molecular complexity index is 739. The molecule has 2 saturated heterocycles. The lowest BCUT2D eigenvalue weighted by Gasteiger charge is -2.33. The van der Waals surface area contributed by atoms with Crippen LogP contribution in [0.3, 0.4) is 0 Å². The monoisotopic (exact) mass is 432 g/mol. The van der Waals surface area contributed by atoms with Crippen molar-refractivity contribution in [2.75, 3.05) is 59.2 Å². The molecule has 2 aliphatic rings. The molecule has 2 N–H and O–H groups in total. The van der Waals surface area contributed by atoms with Crippen molar-refractivity contribution in [2.45, 2.75) is 18.9 Å². The van der Waals surface area contributed by atoms with Crippen LogP contribution in [0.25, 0.3) is 0 Å². The third kappa shape index (κ3) is 6.31. The molecular formula is C22H32N4O3S. The zero-order valence-electron chi connectivity index (χ0n) is 17.4. The van der Waals surface area contributed by atoms with Crippen LogP contribution in [0.15, 0.2) is 45.3 Å². The van der Waals surface area contributed by atoms with E-state index in [-0.39, 0.29) is 6.04 Å². The summed E-state index contributed by atoms with van der Waals surface area (Å²) in [5.41, 5.74) is 0. The maximum atomic E-state index is 5.56. The lowest BCUT2D eigenvalue weighted by Crippen LogP contribution is -2.43. The average molecular weight is 433 g/mol. The second-order valence-corrected chi connectivity index (χ2v) is 8.71. The summed E-state index contributed by atoms with van der Waals surface area (Å²) in [6.45, 7) is 7.56. The van der Waals surface area contributed by atoms with E-state index in [1.54, 1.807) is 17.6 Å². The highest BCUT2D eigenvalue weighted by molar-refractivity contribution is 7.10. The van der Waals surface area contributed by atoms with Gasteiger partial charge in [0.2, 0.25) is 0 Å². The van der Waals surface area contributed by atoms with E-state index in [1.165, 1.54) is 4.88 Å². The summed E-state index contributed by atoms with van der Waals surface area (Å²) < 4.78 is 16.5. The highest BCUT2D eigenvalue weighted by atomic mass is 32.1. The highest BCUT2D eigenvalue weighted by Crippen LogP contribution is 2.26. The Kier molecular flexibility index (Phi) is 8.19. The molecule has 2 aromatic rings. The van der Waals surface area contributed by atoms with Crippen LogP contribution in [-0.2, 0) is 15.9 Å². The molecule has 30 heavy (non-hydrogen) atoms. The van der Waals surface area contributed by atoms with Crippen molar-refractivity contribution in [1.82, 2.24) is 15.5 Å². The summed E-state index contributed by atoms with van der Waals surface area (Å²) in [5.74, 6) is 2.40. The maximum Gasteiger partial charge on any atom is 0.191 e. The first-order valence-electron chi connectivity index (χ1n) is 10.9. The first-order chi connectivity index (χ1) is 14.9. The molecule has 4 rings (SSSR count). The first kappa shape index (κ1) is 21.4. The molecule has 0 saturated carbocycles. The Hall–Kier alpha value is -1.87. The van der Waals surface area contributed by atoms with Gasteiger partial charge in [-0.25, -0.2) is 0 Å². The minimum Gasteiger partial charge on any atom is -0.469 e. The van der Waals surface area contributed by atoms with Crippen molar-refractivity contribution in [3.8, 4) is 0 Å². The molecule has 2 fully saturated rings. The first-order valence-corrected chi connectivity index (χ1v) is 11.7. The predicted molar refractivity (Wildman–Crippen MR) is 119 cm³/mol. The van der Waals surface area contributed by atoms with Crippen LogP contribution >= 0.6 is 11.3 Å². The summed E-state index contributed by atoms with van der Waals surface area (Å²) in [6.07, 6.45) is 3.66. The normalized spacial score (nSPS) is 21.6. The largest absolute Gasteiger partial charge is 0.469 e. The van der Waals surface area contributed by atoms with E-state index in [1.807, 2.05) is 12.1 Å². The fourth-order valence-corrected chi connectivity index (χ4v) is 4.70. The number of ether oxygens (including phenoxy) is 2. The van der Waals surface area contributed by atoms with E-state index < -0.39 is 0 Å². The Morgan fingerprint density at radius 2 is 2.10 bits per heavy atom. The van der Waals surface area contributed by atoms with Crippen LogP contribution < -0.4 is 10.6 Å². The van der Waals surface area contributed by atoms with Crippen molar-refractivity contribution in [1.29, 1.82) is 0 Å². The van der Waals surface area contributed by atoms with E-state index in [2.05, 4.69) is 33.0 Å². The third-order valence-corrected chi connectivity index (χ3v) is 6.58. The number of hydrogen-bond donors (Lipinski definition) is 2. The number of morpholine rings is 1. The Balaban J connectivity index is 1.39. The Morgan fingerprint density at radius 1 is 1.17 bits per heavy atom. The van der Waals surface area contributed by atoms with Crippen LogP contribution in [-0.4, -0.2) is 70.0 Å². The van der Waals surface area contributed by atoms with Gasteiger partial charge >= 0.3 is 0 Å². The van der Waals surface area contributed by atoms with Gasteiger partial charge in [0.15, 0.2) is 5.96 Å². The third-order valence-electron chi connectivity index (χ3n) is 5.61. The van der Waals surface area contributed by atoms with Gasteiger partial charge < -0.3 is 24.5 Å². The summed E-state index contributed by atoms with van der Waals surface area (Å²) in [7, 11) is 0. The fourth-order valence-electron chi connectivity index (χ4n) is 3.85. The number of thiophene rings is 1. The van der Waals surface area contributed by atoms with Gasteiger partial charge in [-0.05, 0) is 30.0 Å². The molecule has 2 unspecified atom stereocenters. The number of nitrogens with one attached hydrogen (secondary N) is 2. The van der Waals surface area contributed by atoms with Gasteiger partial charge in [-0.15, -0.1) is 11.3 Å². The van der Waals surface area contributed by atoms with Gasteiger partial charge in [0.25, 0.3) is 0 Å². The van der Waals surface area contributed by atoms with Crippen LogP contribution in [0.2, 0.25) is 0 Å². The fraction of sp³-hybridized carbons (Fsp3) is 0.591. The van der Waals surface area contributed by atoms with Gasteiger partial charge in [0.05, 0.1) is 38.7 Å². The smallest absolute Gasteiger partial charge is 0.191 e. The molecule has 0 aromatic carbocycles. The van der Waals surface area contributed by atoms with Crippen LogP contribution in [0.5, 0.6) is 0 Å². The van der Waals surface area contributed by atoms with Crippen molar-refractivity contribution in [3.05, 3.63) is 46.5 Å². The molecule has 0 bridgehead atoms. The molecule has 0 amide bonds. The summed E-state index contributed by atoms with van der Waals surface area (Å²) in [4.78, 5) is 8.83. The van der Waals surface area contributed by atoms with Crippen molar-refractivity contribution in [3.63, 3.8) is 0 Å². The zero-order chi connectivity index (χ0) is 20.4. The van der Waals surface area contributed by atoms with E-state index in [9.17, 15) is 0 Å². The van der Waals surface area contributed by atoms with E-state index in [0.717, 1.165) is 83.7 Å². The lowest BCUT2D eigenvalue weighted by atomic mass is 10.1. The number of nitrogens with zero attached hydrogens (tertiary/aromatic N) is 2. The molecular weight excluding hydrogens is 400 g/mol. The van der Waals surface area contributed by atoms with Crippen LogP contribution in [0, 0.1) is 5.92 Å². The minimum absolute atomic E-state index is 0.285. The predicted octanol–water partition coefficient (Wildman–Crippen LogP) is 2.53. The van der Waals surface area contributed by atoms with Crippen LogP contribution in [0.4, 0.5) is 0 Å². The summed E-state index contributed by atoms with van der Waals surface area (Å²) >= 11 is 1.80. The van der Waals surface area contributed by atoms with E-state index >= 15 is 0 Å². The standard InChI is InChI=1S/C22H32N4O3S/c1-3-19(29-10-1)5-7-23-22(24-15-18-6-11-28-17-18)25-16-20(21-4-2-14-30-21)26-8-12-27-13-9-26/h1-4,10,14,18,20H,5-9,11-13,15-17H2,(H2,23,24,25). The van der Waals surface area contributed by atoms with E-state index in [4.69, 9.17) is 18.9 Å². The Labute approximate surface area is 182 Å². The van der Waals surface area contributed by atoms with Crippen molar-refractivity contribution >= 4 is 17.3 Å². The quantitative estimate of drug-likeness (QED) is 0.469. The highest BCUT2D eigenvalue weighted by Gasteiger charge is 2.23. The molecule has 8 heteroatoms. The molecule has 2 aliphatic heterocycles. The van der Waals surface area contributed by atoms with Crippen molar-refractivity contribution in [2.24, 2.45) is 10.9 Å². The second-order valence-electron chi connectivity index (χ2n) is 7.74. The SMILES string of the molecule is c1coc(CCNC(=NCC(c2cccs2)N2CCOCC2)NCC2CCOC2)c1. The second kappa shape index (κ2) is 11.5. The number of rotatable bonds is 9.